The normalized spacial score (nSPS) is 10.9. The Bertz CT molecular complexity index is 1320. The van der Waals surface area contributed by atoms with Crippen LogP contribution in [0.15, 0.2) is 71.5 Å². The summed E-state index contributed by atoms with van der Waals surface area (Å²) in [4.78, 5) is 40.2. The average Bonchev–Trinajstić information content (AvgIpc) is 3.06. The van der Waals surface area contributed by atoms with E-state index in [0.29, 0.717) is 16.5 Å². The van der Waals surface area contributed by atoms with Gasteiger partial charge in [-0.05, 0) is 44.2 Å². The van der Waals surface area contributed by atoms with Crippen LogP contribution in [0.4, 0.5) is 0 Å². The van der Waals surface area contributed by atoms with E-state index in [-0.39, 0.29) is 16.9 Å². The number of aromatic amines is 1. The van der Waals surface area contributed by atoms with Crippen molar-refractivity contribution in [3.05, 3.63) is 99.6 Å². The molecular formula is C24H20N2O4. The van der Waals surface area contributed by atoms with Gasteiger partial charge in [-0.2, -0.15) is 0 Å². The molecule has 2 aromatic heterocycles. The maximum absolute atomic E-state index is 12.7. The summed E-state index contributed by atoms with van der Waals surface area (Å²) in [6.45, 7) is 3.37. The number of carbonyl (C=O) groups is 2. The zero-order valence-electron chi connectivity index (χ0n) is 16.6. The van der Waals surface area contributed by atoms with Gasteiger partial charge in [0.2, 0.25) is 5.78 Å². The van der Waals surface area contributed by atoms with Gasteiger partial charge in [0.15, 0.2) is 12.0 Å². The number of H-pyrrole nitrogens is 1. The highest BCUT2D eigenvalue weighted by Gasteiger charge is 2.19. The van der Waals surface area contributed by atoms with Gasteiger partial charge in [0.05, 0.1) is 0 Å². The van der Waals surface area contributed by atoms with Crippen LogP contribution in [-0.2, 0) is 4.74 Å². The van der Waals surface area contributed by atoms with Crippen LogP contribution in [0.1, 0.15) is 32.2 Å². The van der Waals surface area contributed by atoms with Crippen molar-refractivity contribution in [3.8, 4) is 5.69 Å². The largest absolute Gasteiger partial charge is 0.453 e. The fourth-order valence-corrected chi connectivity index (χ4v) is 3.61. The van der Waals surface area contributed by atoms with Crippen molar-refractivity contribution >= 4 is 22.7 Å². The van der Waals surface area contributed by atoms with Crippen LogP contribution < -0.4 is 5.43 Å². The molecule has 4 aromatic rings. The zero-order chi connectivity index (χ0) is 21.3. The van der Waals surface area contributed by atoms with Crippen LogP contribution >= 0.6 is 0 Å². The minimum atomic E-state index is -0.747. The number of benzene rings is 2. The summed E-state index contributed by atoms with van der Waals surface area (Å²) in [5, 5.41) is 0.485. The Balaban J connectivity index is 1.53. The monoisotopic (exact) mass is 400 g/mol. The average molecular weight is 400 g/mol. The first kappa shape index (κ1) is 19.4. The lowest BCUT2D eigenvalue weighted by Gasteiger charge is -2.09. The summed E-state index contributed by atoms with van der Waals surface area (Å²) in [6.07, 6.45) is 0. The Morgan fingerprint density at radius 2 is 1.67 bits per heavy atom. The second-order valence-electron chi connectivity index (χ2n) is 7.05. The summed E-state index contributed by atoms with van der Waals surface area (Å²) >= 11 is 0. The van der Waals surface area contributed by atoms with E-state index in [4.69, 9.17) is 4.74 Å². The summed E-state index contributed by atoms with van der Waals surface area (Å²) in [7, 11) is 0. The number of nitrogens with one attached hydrogen (secondary N) is 1. The smallest absolute Gasteiger partial charge is 0.355 e. The third-order valence-electron chi connectivity index (χ3n) is 5.04. The highest BCUT2D eigenvalue weighted by atomic mass is 16.5. The molecule has 0 spiro atoms. The van der Waals surface area contributed by atoms with Crippen LogP contribution in [0.3, 0.4) is 0 Å². The van der Waals surface area contributed by atoms with E-state index in [2.05, 4.69) is 4.98 Å². The SMILES string of the molecule is Cc1cc(C(=O)COC(=O)c2cc(=O)c3ccccc3[nH]2)c(C)n1-c1ccccc1. The molecule has 1 N–H and O–H groups in total. The van der Waals surface area contributed by atoms with Gasteiger partial charge in [-0.1, -0.05) is 30.3 Å². The molecule has 0 atom stereocenters. The van der Waals surface area contributed by atoms with E-state index in [0.717, 1.165) is 17.1 Å². The van der Waals surface area contributed by atoms with Crippen molar-refractivity contribution in [2.75, 3.05) is 6.61 Å². The number of aryl methyl sites for hydroxylation is 1. The molecule has 6 heteroatoms. The number of ether oxygens (including phenoxy) is 1. The zero-order valence-corrected chi connectivity index (χ0v) is 16.6. The van der Waals surface area contributed by atoms with Gasteiger partial charge in [0.1, 0.15) is 5.69 Å². The van der Waals surface area contributed by atoms with Crippen LogP contribution in [0.2, 0.25) is 0 Å². The van der Waals surface area contributed by atoms with Crippen molar-refractivity contribution in [3.63, 3.8) is 0 Å². The van der Waals surface area contributed by atoms with E-state index in [1.165, 1.54) is 6.07 Å². The van der Waals surface area contributed by atoms with E-state index < -0.39 is 12.6 Å². The molecule has 0 amide bonds. The Hall–Kier alpha value is -3.93. The fourth-order valence-electron chi connectivity index (χ4n) is 3.61. The molecule has 30 heavy (non-hydrogen) atoms. The van der Waals surface area contributed by atoms with Crippen LogP contribution in [-0.4, -0.2) is 27.9 Å². The lowest BCUT2D eigenvalue weighted by molar-refractivity contribution is 0.0469. The van der Waals surface area contributed by atoms with Gasteiger partial charge >= 0.3 is 5.97 Å². The summed E-state index contributed by atoms with van der Waals surface area (Å²) in [6, 6.07) is 19.6. The molecule has 0 bridgehead atoms. The van der Waals surface area contributed by atoms with E-state index >= 15 is 0 Å². The van der Waals surface area contributed by atoms with Crippen molar-refractivity contribution in [1.82, 2.24) is 9.55 Å². The third-order valence-corrected chi connectivity index (χ3v) is 5.04. The van der Waals surface area contributed by atoms with Gasteiger partial charge in [-0.15, -0.1) is 0 Å². The number of carbonyl (C=O) groups excluding carboxylic acids is 2. The number of fused-ring (bicyclic) bond motifs is 1. The topological polar surface area (TPSA) is 81.2 Å². The van der Waals surface area contributed by atoms with Crippen LogP contribution in [0, 0.1) is 13.8 Å². The van der Waals surface area contributed by atoms with Gasteiger partial charge in [-0.25, -0.2) is 4.79 Å². The summed E-state index contributed by atoms with van der Waals surface area (Å²) < 4.78 is 7.17. The van der Waals surface area contributed by atoms with Gasteiger partial charge in [0, 0.05) is 39.6 Å². The quantitative estimate of drug-likeness (QED) is 0.406. The second kappa shape index (κ2) is 7.83. The number of para-hydroxylation sites is 2. The van der Waals surface area contributed by atoms with E-state index in [1.54, 1.807) is 30.3 Å². The number of esters is 1. The lowest BCUT2D eigenvalue weighted by Crippen LogP contribution is -2.17. The van der Waals surface area contributed by atoms with Crippen LogP contribution in [0.5, 0.6) is 0 Å². The molecular weight excluding hydrogens is 380 g/mol. The molecule has 0 saturated heterocycles. The molecule has 0 fully saturated rings. The first-order chi connectivity index (χ1) is 14.5. The molecule has 0 unspecified atom stereocenters. The number of hydrogen-bond donors (Lipinski definition) is 1. The Morgan fingerprint density at radius 1 is 0.967 bits per heavy atom. The minimum Gasteiger partial charge on any atom is -0.453 e. The Morgan fingerprint density at radius 3 is 2.43 bits per heavy atom. The summed E-state index contributed by atoms with van der Waals surface area (Å²) in [5.41, 5.74) is 3.41. The molecule has 0 aliphatic heterocycles. The number of pyridine rings is 1. The number of hydrogen-bond acceptors (Lipinski definition) is 4. The van der Waals surface area contributed by atoms with Crippen molar-refractivity contribution in [2.24, 2.45) is 0 Å². The highest BCUT2D eigenvalue weighted by Crippen LogP contribution is 2.21. The van der Waals surface area contributed by atoms with E-state index in [9.17, 15) is 14.4 Å². The predicted molar refractivity (Wildman–Crippen MR) is 114 cm³/mol. The molecule has 0 aliphatic carbocycles. The second-order valence-corrected chi connectivity index (χ2v) is 7.05. The predicted octanol–water partition coefficient (Wildman–Crippen LogP) is 3.98. The lowest BCUT2D eigenvalue weighted by atomic mass is 10.1. The third kappa shape index (κ3) is 3.55. The number of rotatable bonds is 5. The van der Waals surface area contributed by atoms with Crippen molar-refractivity contribution in [1.29, 1.82) is 0 Å². The van der Waals surface area contributed by atoms with Gasteiger partial charge < -0.3 is 14.3 Å². The standard InChI is InChI=1S/C24H20N2O4/c1-15-12-19(16(2)26(15)17-8-4-3-5-9-17)23(28)14-30-24(29)21-13-22(27)18-10-6-7-11-20(18)25-21/h3-13H,14H2,1-2H3,(H,25,27). The van der Waals surface area contributed by atoms with Gasteiger partial charge in [0.25, 0.3) is 0 Å². The molecule has 0 radical (unpaired) electrons. The maximum atomic E-state index is 12.7. The van der Waals surface area contributed by atoms with Crippen molar-refractivity contribution < 1.29 is 14.3 Å². The van der Waals surface area contributed by atoms with Crippen LogP contribution in [0.25, 0.3) is 16.6 Å². The molecule has 0 aliphatic rings. The Labute approximate surface area is 172 Å². The molecule has 0 saturated carbocycles. The highest BCUT2D eigenvalue weighted by molar-refractivity contribution is 6.00. The van der Waals surface area contributed by atoms with Crippen molar-refractivity contribution in [2.45, 2.75) is 13.8 Å². The molecule has 6 nitrogen and oxygen atoms in total. The molecule has 2 heterocycles. The molecule has 4 rings (SSSR count). The first-order valence-electron chi connectivity index (χ1n) is 9.52. The number of ketones is 1. The molecule has 150 valence electrons. The number of nitrogens with zero attached hydrogens (tertiary/aromatic N) is 1. The first-order valence-corrected chi connectivity index (χ1v) is 9.52. The number of Topliss-reactive ketones (excluding diaryl/α,β-unsaturated/α-hetero) is 1. The minimum absolute atomic E-state index is 0.0151. The van der Waals surface area contributed by atoms with E-state index in [1.807, 2.05) is 48.7 Å². The molecule has 2 aromatic carbocycles. The summed E-state index contributed by atoms with van der Waals surface area (Å²) in [5.74, 6) is -1.05. The number of aromatic nitrogens is 2. The Kier molecular flexibility index (Phi) is 5.06. The van der Waals surface area contributed by atoms with Gasteiger partial charge in [-0.3, -0.25) is 9.59 Å². The maximum Gasteiger partial charge on any atom is 0.355 e. The fraction of sp³-hybridized carbons (Fsp3) is 0.125.